The number of azo groups is 1. The predicted molar refractivity (Wildman–Crippen MR) is 106 cm³/mol. The van der Waals surface area contributed by atoms with Gasteiger partial charge >= 0.3 is 0 Å². The van der Waals surface area contributed by atoms with Crippen LogP contribution in [0.25, 0.3) is 21.5 Å². The van der Waals surface area contributed by atoms with E-state index in [-0.39, 0.29) is 34.5 Å². The van der Waals surface area contributed by atoms with Crippen molar-refractivity contribution in [2.24, 2.45) is 10.2 Å². The largest absolute Gasteiger partial charge is 0.506 e. The van der Waals surface area contributed by atoms with Gasteiger partial charge < -0.3 is 10.2 Å². The van der Waals surface area contributed by atoms with Gasteiger partial charge in [0.25, 0.3) is 0 Å². The van der Waals surface area contributed by atoms with Crippen molar-refractivity contribution in [3.8, 4) is 11.5 Å². The van der Waals surface area contributed by atoms with E-state index in [0.717, 1.165) is 28.2 Å². The summed E-state index contributed by atoms with van der Waals surface area (Å²) in [6, 6.07) is 19.5. The molecule has 0 aromatic heterocycles. The van der Waals surface area contributed by atoms with E-state index in [1.807, 2.05) is 36.4 Å². The normalized spacial score (nSPS) is 11.2. The predicted octanol–water partition coefficient (Wildman–Crippen LogP) is 6.25. The molecule has 146 valence electrons. The van der Waals surface area contributed by atoms with Crippen molar-refractivity contribution < 1.29 is 42.2 Å². The molecule has 0 aliphatic rings. The van der Waals surface area contributed by atoms with E-state index in [1.54, 1.807) is 24.3 Å². The number of fused-ring (bicyclic) bond motifs is 2. The minimum Gasteiger partial charge on any atom is -0.506 e. The molecule has 0 heterocycles. The number of benzene rings is 4. The van der Waals surface area contributed by atoms with Gasteiger partial charge in [-0.2, -0.15) is 0 Å². The Bertz CT molecular complexity index is 1200. The molecule has 4 aromatic rings. The molecule has 0 radical (unpaired) electrons. The molecular weight excluding hydrogens is 432 g/mol. The second-order valence-corrected chi connectivity index (χ2v) is 6.61. The van der Waals surface area contributed by atoms with Gasteiger partial charge in [-0.25, -0.2) is 5.26 Å². The zero-order valence-electron chi connectivity index (χ0n) is 14.7. The van der Waals surface area contributed by atoms with E-state index in [4.69, 9.17) is 5.26 Å². The van der Waals surface area contributed by atoms with Crippen LogP contribution < -0.4 is 0 Å². The molecule has 0 spiro atoms. The van der Waals surface area contributed by atoms with Crippen LogP contribution in [-0.2, 0) is 26.7 Å². The first kappa shape index (κ1) is 21.1. The van der Waals surface area contributed by atoms with Crippen molar-refractivity contribution >= 4 is 45.0 Å². The maximum Gasteiger partial charge on any atom is 0.144 e. The number of nitrogens with zero attached hydrogens (tertiary/aromatic N) is 2. The average molecular weight is 446 g/mol. The molecule has 4 aromatic carbocycles. The van der Waals surface area contributed by atoms with Crippen LogP contribution in [0.5, 0.6) is 11.5 Å². The van der Waals surface area contributed by atoms with E-state index in [0.29, 0.717) is 16.0 Å². The molecule has 0 amide bonds. The first-order valence-electron chi connectivity index (χ1n) is 8.21. The number of phenols is 2. The molecule has 0 fully saturated rings. The molecule has 29 heavy (non-hydrogen) atoms. The van der Waals surface area contributed by atoms with Crippen LogP contribution in [0.3, 0.4) is 0 Å². The standard InChI is InChI=1S/C20H14N2O5S.Cr/c23-16-10-9-12-5-1-2-6-13(12)19(16)21-22-20-15-8-4-3-7-14(15)18(11-17(20)24)28-27-26-25;/h1-11,23-25H;. The summed E-state index contributed by atoms with van der Waals surface area (Å²) in [6.07, 6.45) is 0. The molecule has 0 unspecified atom stereocenters. The Kier molecular flexibility index (Phi) is 6.72. The summed E-state index contributed by atoms with van der Waals surface area (Å²) < 4.78 is 4.49. The molecule has 0 atom stereocenters. The summed E-state index contributed by atoms with van der Waals surface area (Å²) in [5, 5.41) is 44.2. The molecule has 3 N–H and O–H groups in total. The van der Waals surface area contributed by atoms with Gasteiger partial charge in [-0.05, 0) is 17.5 Å². The first-order valence-corrected chi connectivity index (χ1v) is 8.95. The molecule has 4 rings (SSSR count). The fourth-order valence-corrected chi connectivity index (χ4v) is 3.52. The topological polar surface area (TPSA) is 104 Å². The van der Waals surface area contributed by atoms with Gasteiger partial charge in [-0.1, -0.05) is 59.6 Å². The Morgan fingerprint density at radius 2 is 1.34 bits per heavy atom. The van der Waals surface area contributed by atoms with Crippen molar-refractivity contribution in [2.45, 2.75) is 4.90 Å². The Morgan fingerprint density at radius 1 is 0.724 bits per heavy atom. The van der Waals surface area contributed by atoms with Crippen LogP contribution in [-0.4, -0.2) is 15.5 Å². The summed E-state index contributed by atoms with van der Waals surface area (Å²) in [7, 11) is 0. The van der Waals surface area contributed by atoms with Gasteiger partial charge in [0, 0.05) is 33.5 Å². The van der Waals surface area contributed by atoms with Crippen LogP contribution in [0, 0.1) is 0 Å². The van der Waals surface area contributed by atoms with E-state index >= 15 is 0 Å². The smallest absolute Gasteiger partial charge is 0.144 e. The van der Waals surface area contributed by atoms with Gasteiger partial charge in [0.2, 0.25) is 0 Å². The first-order chi connectivity index (χ1) is 13.7. The zero-order valence-corrected chi connectivity index (χ0v) is 16.8. The second kappa shape index (κ2) is 9.24. The Morgan fingerprint density at radius 3 is 2.07 bits per heavy atom. The van der Waals surface area contributed by atoms with Crippen molar-refractivity contribution in [3.05, 3.63) is 66.7 Å². The second-order valence-electron chi connectivity index (χ2n) is 5.87. The van der Waals surface area contributed by atoms with Crippen LogP contribution in [0.15, 0.2) is 81.9 Å². The summed E-state index contributed by atoms with van der Waals surface area (Å²) >= 11 is 0.747. The van der Waals surface area contributed by atoms with Crippen molar-refractivity contribution in [3.63, 3.8) is 0 Å². The van der Waals surface area contributed by atoms with Gasteiger partial charge in [0.05, 0.1) is 16.9 Å². The van der Waals surface area contributed by atoms with Crippen LogP contribution in [0.2, 0.25) is 0 Å². The van der Waals surface area contributed by atoms with Crippen LogP contribution >= 0.6 is 12.0 Å². The van der Waals surface area contributed by atoms with Crippen molar-refractivity contribution in [1.82, 2.24) is 0 Å². The van der Waals surface area contributed by atoms with Gasteiger partial charge in [0.1, 0.15) is 22.9 Å². The molecule has 0 saturated carbocycles. The number of hydrogen-bond acceptors (Lipinski definition) is 8. The maximum absolute atomic E-state index is 10.5. The van der Waals surface area contributed by atoms with Crippen LogP contribution in [0.1, 0.15) is 0 Å². The summed E-state index contributed by atoms with van der Waals surface area (Å²) in [4.78, 5) is 0.522. The Labute approximate surface area is 180 Å². The van der Waals surface area contributed by atoms with Gasteiger partial charge in [0.15, 0.2) is 0 Å². The quantitative estimate of drug-likeness (QED) is 0.145. The van der Waals surface area contributed by atoms with E-state index in [1.165, 1.54) is 6.07 Å². The van der Waals surface area contributed by atoms with Crippen molar-refractivity contribution in [2.75, 3.05) is 0 Å². The molecule has 0 aliphatic heterocycles. The fraction of sp³-hybridized carbons (Fsp3) is 0. The summed E-state index contributed by atoms with van der Waals surface area (Å²) in [5.74, 6) is -0.141. The maximum atomic E-state index is 10.5. The number of rotatable bonds is 5. The minimum absolute atomic E-state index is 0. The molecular formula is C20H14CrN2O5S. The Balaban J connectivity index is 0.00000240. The summed E-state index contributed by atoms with van der Waals surface area (Å²) in [5.41, 5.74) is 0.564. The van der Waals surface area contributed by atoms with E-state index < -0.39 is 0 Å². The number of phenolic OH excluding ortho intramolecular Hbond substituents is 2. The van der Waals surface area contributed by atoms with Crippen LogP contribution in [0.4, 0.5) is 11.4 Å². The van der Waals surface area contributed by atoms with E-state index in [2.05, 4.69) is 19.6 Å². The molecule has 7 nitrogen and oxygen atoms in total. The third-order valence-electron chi connectivity index (χ3n) is 4.24. The third kappa shape index (κ3) is 4.21. The Hall–Kier alpha value is -2.64. The number of hydrogen-bond donors (Lipinski definition) is 3. The molecule has 0 saturated heterocycles. The van der Waals surface area contributed by atoms with Gasteiger partial charge in [-0.15, -0.1) is 14.6 Å². The minimum atomic E-state index is -0.133. The number of aromatic hydroxyl groups is 2. The molecule has 0 bridgehead atoms. The van der Waals surface area contributed by atoms with Gasteiger partial charge in [-0.3, -0.25) is 0 Å². The fourth-order valence-electron chi connectivity index (χ4n) is 2.99. The van der Waals surface area contributed by atoms with E-state index in [9.17, 15) is 10.2 Å². The van der Waals surface area contributed by atoms with Crippen molar-refractivity contribution in [1.29, 1.82) is 0 Å². The monoisotopic (exact) mass is 446 g/mol. The molecule has 9 heteroatoms. The third-order valence-corrected chi connectivity index (χ3v) is 4.89. The zero-order chi connectivity index (χ0) is 19.5. The summed E-state index contributed by atoms with van der Waals surface area (Å²) in [6.45, 7) is 0. The SMILES string of the molecule is OOOSc1cc(O)c(N=Nc2c(O)ccc3ccccc23)c2ccccc12.[Cr]. The average Bonchev–Trinajstić information content (AvgIpc) is 2.72. The molecule has 0 aliphatic carbocycles.